The molecule has 0 radical (unpaired) electrons. The van der Waals surface area contributed by atoms with Gasteiger partial charge in [-0.3, -0.25) is 4.79 Å². The molecule has 0 aliphatic rings. The third-order valence-electron chi connectivity index (χ3n) is 2.49. The fourth-order valence-corrected chi connectivity index (χ4v) is 2.04. The molecule has 0 aliphatic carbocycles. The highest BCUT2D eigenvalue weighted by atomic mass is 127. The summed E-state index contributed by atoms with van der Waals surface area (Å²) < 4.78 is 2.65. The molecule has 2 rings (SSSR count). The smallest absolute Gasteiger partial charge is 0.266 e. The Kier molecular flexibility index (Phi) is 4.73. The molecule has 0 atom stereocenters. The van der Waals surface area contributed by atoms with Crippen LogP contribution in [0, 0.1) is 3.57 Å². The predicted molar refractivity (Wildman–Crippen MR) is 77.5 cm³/mol. The molecule has 2 N–H and O–H groups in total. The summed E-state index contributed by atoms with van der Waals surface area (Å²) in [6.45, 7) is 1.77. The highest BCUT2D eigenvalue weighted by Crippen LogP contribution is 2.08. The molecule has 0 fully saturated rings. The van der Waals surface area contributed by atoms with Gasteiger partial charge in [-0.2, -0.15) is 0 Å². The number of hydrogen-bond acceptors (Lipinski definition) is 4. The van der Waals surface area contributed by atoms with Gasteiger partial charge in [-0.1, -0.05) is 0 Å². The molecule has 96 valence electrons. The van der Waals surface area contributed by atoms with Gasteiger partial charge in [-0.25, -0.2) is 9.97 Å². The number of rotatable bonds is 6. The number of aryl methyl sites for hydroxylation is 1. The Labute approximate surface area is 118 Å². The first-order valence-electron chi connectivity index (χ1n) is 5.70. The zero-order chi connectivity index (χ0) is 12.8. The van der Waals surface area contributed by atoms with Crippen molar-refractivity contribution in [2.24, 2.45) is 0 Å². The maximum atomic E-state index is 11.3. The number of hydrogen-bond donors (Lipinski definition) is 2. The molecular formula is C11H14IN5O. The average molecular weight is 359 g/mol. The maximum absolute atomic E-state index is 11.3. The summed E-state index contributed by atoms with van der Waals surface area (Å²) in [5.74, 6) is 0.655. The number of imidazole rings is 1. The second-order valence-corrected chi connectivity index (χ2v) is 4.91. The summed E-state index contributed by atoms with van der Waals surface area (Å²) in [6, 6.07) is 0. The Morgan fingerprint density at radius 2 is 2.33 bits per heavy atom. The fraction of sp³-hybridized carbons (Fsp3) is 0.364. The minimum absolute atomic E-state index is 0.105. The van der Waals surface area contributed by atoms with Crippen molar-refractivity contribution >= 4 is 28.4 Å². The number of aromatic amines is 1. The van der Waals surface area contributed by atoms with Crippen molar-refractivity contribution in [1.29, 1.82) is 0 Å². The van der Waals surface area contributed by atoms with E-state index in [9.17, 15) is 4.79 Å². The molecule has 0 unspecified atom stereocenters. The van der Waals surface area contributed by atoms with Crippen molar-refractivity contribution in [3.05, 3.63) is 39.0 Å². The van der Waals surface area contributed by atoms with Gasteiger partial charge < -0.3 is 14.9 Å². The average Bonchev–Trinajstić information content (AvgIpc) is 2.87. The molecule has 0 saturated heterocycles. The summed E-state index contributed by atoms with van der Waals surface area (Å²) >= 11 is 1.99. The van der Waals surface area contributed by atoms with E-state index in [1.165, 1.54) is 6.33 Å². The van der Waals surface area contributed by atoms with Crippen molar-refractivity contribution in [1.82, 2.24) is 19.5 Å². The molecule has 0 aromatic carbocycles. The maximum Gasteiger partial charge on any atom is 0.266 e. The van der Waals surface area contributed by atoms with E-state index in [4.69, 9.17) is 0 Å². The van der Waals surface area contributed by atoms with E-state index in [1.54, 1.807) is 6.20 Å². The van der Waals surface area contributed by atoms with Crippen LogP contribution in [0.25, 0.3) is 0 Å². The minimum atomic E-state index is -0.105. The summed E-state index contributed by atoms with van der Waals surface area (Å²) in [5.41, 5.74) is -0.105. The lowest BCUT2D eigenvalue weighted by Gasteiger charge is -2.06. The third kappa shape index (κ3) is 3.56. The number of nitrogens with zero attached hydrogens (tertiary/aromatic N) is 3. The van der Waals surface area contributed by atoms with Crippen LogP contribution in [-0.4, -0.2) is 26.1 Å². The van der Waals surface area contributed by atoms with E-state index in [0.717, 1.165) is 25.9 Å². The summed E-state index contributed by atoms with van der Waals surface area (Å²) in [6.07, 6.45) is 9.04. The number of H-pyrrole nitrogens is 1. The fourth-order valence-electron chi connectivity index (χ4n) is 1.55. The molecule has 2 aromatic rings. The number of aromatic nitrogens is 4. The van der Waals surface area contributed by atoms with Crippen molar-refractivity contribution in [2.45, 2.75) is 19.4 Å². The van der Waals surface area contributed by atoms with Crippen LogP contribution in [-0.2, 0) is 6.54 Å². The van der Waals surface area contributed by atoms with Crippen LogP contribution in [0.2, 0.25) is 0 Å². The van der Waals surface area contributed by atoms with Crippen molar-refractivity contribution in [3.8, 4) is 0 Å². The van der Waals surface area contributed by atoms with Crippen LogP contribution >= 0.6 is 22.6 Å². The van der Waals surface area contributed by atoms with Crippen molar-refractivity contribution in [3.63, 3.8) is 0 Å². The van der Waals surface area contributed by atoms with Gasteiger partial charge >= 0.3 is 0 Å². The first kappa shape index (κ1) is 13.1. The molecule has 7 heteroatoms. The van der Waals surface area contributed by atoms with Crippen LogP contribution in [0.3, 0.4) is 0 Å². The van der Waals surface area contributed by atoms with Gasteiger partial charge in [0.05, 0.1) is 12.7 Å². The van der Waals surface area contributed by atoms with Crippen LogP contribution in [0.4, 0.5) is 5.82 Å². The van der Waals surface area contributed by atoms with Crippen LogP contribution < -0.4 is 10.9 Å². The number of unbranched alkanes of at least 4 members (excludes halogenated alkanes) is 1. The Hall–Kier alpha value is -1.38. The van der Waals surface area contributed by atoms with E-state index in [2.05, 4.69) is 24.8 Å². The molecule has 0 saturated carbocycles. The molecule has 18 heavy (non-hydrogen) atoms. The molecular weight excluding hydrogens is 345 g/mol. The van der Waals surface area contributed by atoms with Gasteiger partial charge in [-0.15, -0.1) is 0 Å². The van der Waals surface area contributed by atoms with Crippen molar-refractivity contribution in [2.75, 3.05) is 11.9 Å². The Balaban J connectivity index is 1.72. The van der Waals surface area contributed by atoms with Crippen LogP contribution in [0.1, 0.15) is 12.8 Å². The number of nitrogens with one attached hydrogen (secondary N) is 2. The molecule has 0 bridgehead atoms. The van der Waals surface area contributed by atoms with E-state index in [-0.39, 0.29) is 5.56 Å². The molecule has 2 aromatic heterocycles. The van der Waals surface area contributed by atoms with Gasteiger partial charge in [0.1, 0.15) is 9.39 Å². The topological polar surface area (TPSA) is 75.6 Å². The van der Waals surface area contributed by atoms with Gasteiger partial charge in [-0.05, 0) is 35.4 Å². The van der Waals surface area contributed by atoms with Crippen LogP contribution in [0.5, 0.6) is 0 Å². The lowest BCUT2D eigenvalue weighted by atomic mass is 10.3. The van der Waals surface area contributed by atoms with Gasteiger partial charge in [0.2, 0.25) is 0 Å². The summed E-state index contributed by atoms with van der Waals surface area (Å²) in [7, 11) is 0. The van der Waals surface area contributed by atoms with E-state index in [1.807, 2.05) is 35.1 Å². The monoisotopic (exact) mass is 359 g/mol. The third-order valence-corrected chi connectivity index (χ3v) is 3.49. The minimum Gasteiger partial charge on any atom is -0.369 e. The lowest BCUT2D eigenvalue weighted by molar-refractivity contribution is 0.620. The predicted octanol–water partition coefficient (Wildman–Crippen LogP) is 1.46. The second-order valence-electron chi connectivity index (χ2n) is 3.83. The molecule has 0 amide bonds. The quantitative estimate of drug-likeness (QED) is 0.605. The number of anilines is 1. The first-order valence-corrected chi connectivity index (χ1v) is 6.78. The SMILES string of the molecule is O=c1[nH]cnc(NCCCCn2ccnc2)c1I. The Morgan fingerprint density at radius 1 is 1.44 bits per heavy atom. The molecule has 0 aliphatic heterocycles. The largest absolute Gasteiger partial charge is 0.369 e. The van der Waals surface area contributed by atoms with E-state index in [0.29, 0.717) is 9.39 Å². The summed E-state index contributed by atoms with van der Waals surface area (Å²) in [4.78, 5) is 22.0. The van der Waals surface area contributed by atoms with E-state index >= 15 is 0 Å². The first-order chi connectivity index (χ1) is 8.77. The normalized spacial score (nSPS) is 10.5. The van der Waals surface area contributed by atoms with Gasteiger partial charge in [0, 0.05) is 25.5 Å². The standard InChI is InChI=1S/C11H14IN5O/c12-9-10(15-7-16-11(9)18)14-3-1-2-5-17-6-4-13-8-17/h4,6-8H,1-3,5H2,(H2,14,15,16,18). The lowest BCUT2D eigenvalue weighted by Crippen LogP contribution is -2.15. The van der Waals surface area contributed by atoms with Gasteiger partial charge in [0.25, 0.3) is 5.56 Å². The highest BCUT2D eigenvalue weighted by Gasteiger charge is 2.03. The van der Waals surface area contributed by atoms with Crippen molar-refractivity contribution < 1.29 is 0 Å². The zero-order valence-corrected chi connectivity index (χ0v) is 11.9. The van der Waals surface area contributed by atoms with Crippen LogP contribution in [0.15, 0.2) is 29.8 Å². The Bertz CT molecular complexity index is 537. The number of halogens is 1. The van der Waals surface area contributed by atoms with E-state index < -0.39 is 0 Å². The molecule has 6 nitrogen and oxygen atoms in total. The summed E-state index contributed by atoms with van der Waals surface area (Å²) in [5, 5.41) is 3.17. The highest BCUT2D eigenvalue weighted by molar-refractivity contribution is 14.1. The Morgan fingerprint density at radius 3 is 3.11 bits per heavy atom. The second kappa shape index (κ2) is 6.53. The van der Waals surface area contributed by atoms with Gasteiger partial charge in [0.15, 0.2) is 0 Å². The molecule has 2 heterocycles. The zero-order valence-electron chi connectivity index (χ0n) is 9.77. The molecule has 0 spiro atoms.